The molecule has 3 aromatic carbocycles. The van der Waals surface area contributed by atoms with Gasteiger partial charge in [-0.25, -0.2) is 4.79 Å². The molecule has 0 saturated carbocycles. The van der Waals surface area contributed by atoms with Gasteiger partial charge in [-0.05, 0) is 74.8 Å². The van der Waals surface area contributed by atoms with E-state index < -0.39 is 11.6 Å². The van der Waals surface area contributed by atoms with Crippen molar-refractivity contribution in [2.24, 2.45) is 11.8 Å². The molecule has 1 fully saturated rings. The molecule has 0 amide bonds. The van der Waals surface area contributed by atoms with Crippen molar-refractivity contribution in [2.45, 2.75) is 44.2 Å². The van der Waals surface area contributed by atoms with E-state index in [0.29, 0.717) is 12.4 Å². The molecule has 0 bridgehead atoms. The van der Waals surface area contributed by atoms with Crippen molar-refractivity contribution in [3.8, 4) is 5.75 Å². The van der Waals surface area contributed by atoms with Crippen molar-refractivity contribution >= 4 is 23.5 Å². The number of benzene rings is 3. The van der Waals surface area contributed by atoms with Crippen LogP contribution in [0.15, 0.2) is 83.8 Å². The minimum atomic E-state index is -1.09. The van der Waals surface area contributed by atoms with Crippen LogP contribution in [0.25, 0.3) is 0 Å². The first-order valence-corrected chi connectivity index (χ1v) is 14.4. The maximum Gasteiger partial charge on any atom is 0.349 e. The Morgan fingerprint density at radius 2 is 1.66 bits per heavy atom. The summed E-state index contributed by atoms with van der Waals surface area (Å²) in [6.07, 6.45) is 2.79. The number of hydrogen-bond donors (Lipinski definition) is 0. The van der Waals surface area contributed by atoms with E-state index in [-0.39, 0.29) is 17.6 Å². The quantitative estimate of drug-likeness (QED) is 0.164. The summed E-state index contributed by atoms with van der Waals surface area (Å²) in [6.45, 7) is 7.92. The molecule has 0 aliphatic carbocycles. The molecule has 3 aromatic rings. The standard InChI is InChI=1S/C32H37NO4S/c1-5-36-31(35)32(2,3)37-27-13-9-12-24(19-27)18-26-21-33(20-23-10-7-6-8-11-23)22-29(26)30(34)25-14-16-28(38-4)17-15-25/h6-17,19,26,29H,5,18,20-22H2,1-4H3/t26-,29-/m0/s1. The third-order valence-corrected chi connectivity index (χ3v) is 7.76. The van der Waals surface area contributed by atoms with Gasteiger partial charge in [0.25, 0.3) is 0 Å². The summed E-state index contributed by atoms with van der Waals surface area (Å²) in [6, 6.07) is 26.2. The van der Waals surface area contributed by atoms with Crippen molar-refractivity contribution in [1.29, 1.82) is 0 Å². The van der Waals surface area contributed by atoms with Crippen LogP contribution in [0, 0.1) is 11.8 Å². The summed E-state index contributed by atoms with van der Waals surface area (Å²) >= 11 is 1.67. The van der Waals surface area contributed by atoms with E-state index in [0.717, 1.165) is 42.1 Å². The Bertz CT molecular complexity index is 1230. The molecule has 5 nitrogen and oxygen atoms in total. The Hall–Kier alpha value is -3.09. The van der Waals surface area contributed by atoms with Crippen molar-refractivity contribution in [3.05, 3.63) is 95.6 Å². The molecule has 0 spiro atoms. The first-order valence-electron chi connectivity index (χ1n) is 13.2. The van der Waals surface area contributed by atoms with Gasteiger partial charge >= 0.3 is 5.97 Å². The molecule has 200 valence electrons. The van der Waals surface area contributed by atoms with Crippen LogP contribution in [0.3, 0.4) is 0 Å². The third-order valence-electron chi connectivity index (χ3n) is 7.01. The van der Waals surface area contributed by atoms with Crippen LogP contribution in [0.1, 0.15) is 42.3 Å². The van der Waals surface area contributed by atoms with Crippen LogP contribution < -0.4 is 4.74 Å². The maximum absolute atomic E-state index is 13.7. The number of carbonyl (C=O) groups is 2. The van der Waals surface area contributed by atoms with Crippen LogP contribution in [0.2, 0.25) is 0 Å². The van der Waals surface area contributed by atoms with Gasteiger partial charge in [0.05, 0.1) is 6.61 Å². The number of hydrogen-bond acceptors (Lipinski definition) is 6. The number of carbonyl (C=O) groups excluding carboxylic acids is 2. The summed E-state index contributed by atoms with van der Waals surface area (Å²) < 4.78 is 11.2. The smallest absolute Gasteiger partial charge is 0.349 e. The molecule has 2 atom stereocenters. The number of ketones is 1. The fourth-order valence-electron chi connectivity index (χ4n) is 5.08. The average Bonchev–Trinajstić information content (AvgIpc) is 3.30. The number of likely N-dealkylation sites (tertiary alicyclic amines) is 1. The van der Waals surface area contributed by atoms with Gasteiger partial charge in [-0.15, -0.1) is 11.8 Å². The van der Waals surface area contributed by atoms with Crippen molar-refractivity contribution in [1.82, 2.24) is 4.90 Å². The number of nitrogens with zero attached hydrogens (tertiary/aromatic N) is 1. The third kappa shape index (κ3) is 7.06. The fourth-order valence-corrected chi connectivity index (χ4v) is 5.49. The molecule has 38 heavy (non-hydrogen) atoms. The molecule has 6 heteroatoms. The topological polar surface area (TPSA) is 55.8 Å². The van der Waals surface area contributed by atoms with E-state index in [1.165, 1.54) is 5.56 Å². The molecule has 4 rings (SSSR count). The largest absolute Gasteiger partial charge is 0.476 e. The maximum atomic E-state index is 13.7. The van der Waals surface area contributed by atoms with E-state index >= 15 is 0 Å². The van der Waals surface area contributed by atoms with Crippen LogP contribution in [0.4, 0.5) is 0 Å². The van der Waals surface area contributed by atoms with Gasteiger partial charge in [0.15, 0.2) is 11.4 Å². The first-order chi connectivity index (χ1) is 18.3. The molecular formula is C32H37NO4S. The second-order valence-corrected chi connectivity index (χ2v) is 11.2. The Morgan fingerprint density at radius 1 is 0.947 bits per heavy atom. The predicted octanol–water partition coefficient (Wildman–Crippen LogP) is 6.30. The zero-order valence-electron chi connectivity index (χ0n) is 22.7. The summed E-state index contributed by atoms with van der Waals surface area (Å²) in [5.41, 5.74) is 2.02. The van der Waals surface area contributed by atoms with Gasteiger partial charge in [0.2, 0.25) is 0 Å². The molecular weight excluding hydrogens is 494 g/mol. The number of thioether (sulfide) groups is 1. The minimum Gasteiger partial charge on any atom is -0.476 e. The Balaban J connectivity index is 1.53. The van der Waals surface area contributed by atoms with Gasteiger partial charge in [-0.2, -0.15) is 0 Å². The lowest BCUT2D eigenvalue weighted by Crippen LogP contribution is -2.39. The zero-order chi connectivity index (χ0) is 27.1. The van der Waals surface area contributed by atoms with Crippen molar-refractivity contribution in [2.75, 3.05) is 26.0 Å². The van der Waals surface area contributed by atoms with Gasteiger partial charge in [-0.1, -0.05) is 54.6 Å². The highest BCUT2D eigenvalue weighted by atomic mass is 32.2. The second kappa shape index (κ2) is 12.6. The summed E-state index contributed by atoms with van der Waals surface area (Å²) in [5.74, 6) is 0.499. The predicted molar refractivity (Wildman–Crippen MR) is 153 cm³/mol. The zero-order valence-corrected chi connectivity index (χ0v) is 23.5. The highest BCUT2D eigenvalue weighted by Crippen LogP contribution is 2.32. The normalized spacial score (nSPS) is 17.8. The number of esters is 1. The van der Waals surface area contributed by atoms with E-state index in [1.54, 1.807) is 32.5 Å². The van der Waals surface area contributed by atoms with Crippen molar-refractivity contribution in [3.63, 3.8) is 0 Å². The summed E-state index contributed by atoms with van der Waals surface area (Å²) in [7, 11) is 0. The highest BCUT2D eigenvalue weighted by Gasteiger charge is 2.38. The van der Waals surface area contributed by atoms with Crippen LogP contribution in [-0.4, -0.2) is 48.2 Å². The Kier molecular flexibility index (Phi) is 9.29. The molecule has 0 unspecified atom stereocenters. The second-order valence-electron chi connectivity index (χ2n) is 10.3. The minimum absolute atomic E-state index is 0.0978. The molecule has 1 saturated heterocycles. The van der Waals surface area contributed by atoms with Crippen LogP contribution in [-0.2, 0) is 22.5 Å². The van der Waals surface area contributed by atoms with Gasteiger partial charge in [0.1, 0.15) is 5.75 Å². The van der Waals surface area contributed by atoms with E-state index in [9.17, 15) is 9.59 Å². The van der Waals surface area contributed by atoms with E-state index in [2.05, 4.69) is 35.2 Å². The van der Waals surface area contributed by atoms with Gasteiger partial charge < -0.3 is 9.47 Å². The molecule has 0 radical (unpaired) electrons. The Labute approximate surface area is 230 Å². The summed E-state index contributed by atoms with van der Waals surface area (Å²) in [5, 5.41) is 0. The fraction of sp³-hybridized carbons (Fsp3) is 0.375. The lowest BCUT2D eigenvalue weighted by atomic mass is 9.84. The highest BCUT2D eigenvalue weighted by molar-refractivity contribution is 7.98. The van der Waals surface area contributed by atoms with Crippen molar-refractivity contribution < 1.29 is 19.1 Å². The van der Waals surface area contributed by atoms with Crippen LogP contribution >= 0.6 is 11.8 Å². The van der Waals surface area contributed by atoms with E-state index in [4.69, 9.17) is 9.47 Å². The van der Waals surface area contributed by atoms with E-state index in [1.807, 2.05) is 54.8 Å². The average molecular weight is 532 g/mol. The summed E-state index contributed by atoms with van der Waals surface area (Å²) in [4.78, 5) is 29.6. The first kappa shape index (κ1) is 27.9. The molecule has 1 aliphatic rings. The lowest BCUT2D eigenvalue weighted by Gasteiger charge is -2.24. The lowest BCUT2D eigenvalue weighted by molar-refractivity contribution is -0.158. The van der Waals surface area contributed by atoms with Gasteiger partial charge in [0, 0.05) is 36.0 Å². The number of rotatable bonds is 11. The molecule has 1 aliphatic heterocycles. The number of ether oxygens (including phenoxy) is 2. The molecule has 0 N–H and O–H groups in total. The van der Waals surface area contributed by atoms with Crippen LogP contribution in [0.5, 0.6) is 5.75 Å². The Morgan fingerprint density at radius 3 is 2.34 bits per heavy atom. The molecule has 1 heterocycles. The van der Waals surface area contributed by atoms with Gasteiger partial charge in [-0.3, -0.25) is 9.69 Å². The number of Topliss-reactive ketones (excluding diaryl/α,β-unsaturated/α-hetero) is 1. The monoisotopic (exact) mass is 531 g/mol. The molecule has 0 aromatic heterocycles. The SMILES string of the molecule is CCOC(=O)C(C)(C)Oc1cccc(C[C@H]2CN(Cc3ccccc3)C[C@@H]2C(=O)c2ccc(SC)cc2)c1.